The molecule has 0 saturated heterocycles. The van der Waals surface area contributed by atoms with Gasteiger partial charge in [-0.25, -0.2) is 0 Å². The third kappa shape index (κ3) is 2.58. The molecular weight excluding hydrogens is 248 g/mol. The molecule has 0 aliphatic carbocycles. The summed E-state index contributed by atoms with van der Waals surface area (Å²) in [5, 5.41) is 3.02. The molecule has 108 valence electrons. The van der Waals surface area contributed by atoms with Crippen LogP contribution >= 0.6 is 0 Å². The molecule has 3 nitrogen and oxygen atoms in total. The first-order chi connectivity index (χ1) is 9.12. The Kier molecular flexibility index (Phi) is 3.41. The van der Waals surface area contributed by atoms with Crippen LogP contribution in [0.4, 0.5) is 0 Å². The third-order valence-corrected chi connectivity index (χ3v) is 3.37. The van der Waals surface area contributed by atoms with E-state index in [4.69, 9.17) is 0 Å². The molecule has 0 aliphatic heterocycles. The molecule has 0 fully saturated rings. The summed E-state index contributed by atoms with van der Waals surface area (Å²) < 4.78 is 1.99. The van der Waals surface area contributed by atoms with Gasteiger partial charge in [0.1, 0.15) is 0 Å². The molecule has 0 spiro atoms. The van der Waals surface area contributed by atoms with Gasteiger partial charge >= 0.3 is 0 Å². The van der Waals surface area contributed by atoms with Gasteiger partial charge in [-0.15, -0.1) is 0 Å². The largest absolute Gasteiger partial charge is 0.279 e. The van der Waals surface area contributed by atoms with Crippen molar-refractivity contribution in [2.75, 3.05) is 0 Å². The van der Waals surface area contributed by atoms with E-state index in [9.17, 15) is 4.79 Å². The monoisotopic (exact) mass is 272 g/mol. The molecule has 2 aromatic rings. The summed E-state index contributed by atoms with van der Waals surface area (Å²) in [7, 11) is 0. The van der Waals surface area contributed by atoms with Crippen molar-refractivity contribution in [3.8, 4) is 11.3 Å². The van der Waals surface area contributed by atoms with Gasteiger partial charge in [0.25, 0.3) is 5.56 Å². The van der Waals surface area contributed by atoms with Gasteiger partial charge in [0.05, 0.1) is 11.2 Å². The molecule has 1 N–H and O–H groups in total. The Hall–Kier alpha value is -1.77. The van der Waals surface area contributed by atoms with Crippen molar-refractivity contribution < 1.29 is 0 Å². The number of H-pyrrole nitrogens is 1. The van der Waals surface area contributed by atoms with Gasteiger partial charge < -0.3 is 0 Å². The van der Waals surface area contributed by atoms with Gasteiger partial charge in [-0.05, 0) is 26.2 Å². The molecule has 0 saturated carbocycles. The van der Waals surface area contributed by atoms with Gasteiger partial charge in [0.15, 0.2) is 0 Å². The van der Waals surface area contributed by atoms with Crippen LogP contribution in [-0.2, 0) is 11.0 Å². The van der Waals surface area contributed by atoms with Crippen LogP contribution in [0.2, 0.25) is 0 Å². The molecule has 0 unspecified atom stereocenters. The molecule has 0 radical (unpaired) electrons. The molecule has 0 atom stereocenters. The Bertz CT molecular complexity index is 649. The van der Waals surface area contributed by atoms with Gasteiger partial charge in [0.2, 0.25) is 0 Å². The number of nitrogens with zero attached hydrogens (tertiary/aromatic N) is 1. The lowest BCUT2D eigenvalue weighted by molar-refractivity contribution is 0.357. The number of aromatic amines is 1. The topological polar surface area (TPSA) is 37.8 Å². The van der Waals surface area contributed by atoms with E-state index in [-0.39, 0.29) is 16.5 Å². The van der Waals surface area contributed by atoms with Crippen LogP contribution in [-0.4, -0.2) is 9.78 Å². The summed E-state index contributed by atoms with van der Waals surface area (Å²) in [5.41, 5.74) is 2.55. The third-order valence-electron chi connectivity index (χ3n) is 3.37. The lowest BCUT2D eigenvalue weighted by Crippen LogP contribution is -2.25. The maximum absolute atomic E-state index is 12.5. The summed E-state index contributed by atoms with van der Waals surface area (Å²) in [6.07, 6.45) is 0. The molecule has 2 rings (SSSR count). The summed E-state index contributed by atoms with van der Waals surface area (Å²) in [6.45, 7) is 12.5. The molecule has 0 bridgehead atoms. The standard InChI is InChI=1S/C17H24N2O/c1-16(2,3)13-14(12-10-8-7-9-11-12)19(17(4,5)6)18-15(13)20/h7-11H,1-6H3,(H,18,20). The fraction of sp³-hybridized carbons (Fsp3) is 0.471. The van der Waals surface area contributed by atoms with Crippen molar-refractivity contribution in [1.29, 1.82) is 0 Å². The van der Waals surface area contributed by atoms with E-state index in [1.165, 1.54) is 0 Å². The first-order valence-corrected chi connectivity index (χ1v) is 7.04. The number of rotatable bonds is 1. The van der Waals surface area contributed by atoms with E-state index in [2.05, 4.69) is 58.8 Å². The second kappa shape index (κ2) is 4.65. The van der Waals surface area contributed by atoms with Gasteiger partial charge in [0, 0.05) is 11.1 Å². The van der Waals surface area contributed by atoms with Crippen LogP contribution in [0.1, 0.15) is 47.1 Å². The lowest BCUT2D eigenvalue weighted by Gasteiger charge is -2.26. The summed E-state index contributed by atoms with van der Waals surface area (Å²) in [5.74, 6) is 0. The Balaban J connectivity index is 2.85. The van der Waals surface area contributed by atoms with E-state index in [1.54, 1.807) is 0 Å². The highest BCUT2D eigenvalue weighted by Gasteiger charge is 2.30. The Morgan fingerprint density at radius 1 is 0.950 bits per heavy atom. The summed E-state index contributed by atoms with van der Waals surface area (Å²) in [4.78, 5) is 12.5. The van der Waals surface area contributed by atoms with Crippen LogP contribution in [0.15, 0.2) is 35.1 Å². The maximum Gasteiger partial charge on any atom is 0.268 e. The first kappa shape index (κ1) is 14.6. The van der Waals surface area contributed by atoms with Crippen molar-refractivity contribution in [3.05, 3.63) is 46.2 Å². The van der Waals surface area contributed by atoms with Crippen molar-refractivity contribution in [1.82, 2.24) is 9.78 Å². The molecule has 0 aliphatic rings. The number of benzene rings is 1. The Morgan fingerprint density at radius 2 is 1.50 bits per heavy atom. The van der Waals surface area contributed by atoms with Crippen molar-refractivity contribution in [3.63, 3.8) is 0 Å². The van der Waals surface area contributed by atoms with Crippen LogP contribution in [0.3, 0.4) is 0 Å². The smallest absolute Gasteiger partial charge is 0.268 e. The van der Waals surface area contributed by atoms with Gasteiger partial charge in [-0.3, -0.25) is 14.6 Å². The first-order valence-electron chi connectivity index (χ1n) is 7.04. The maximum atomic E-state index is 12.5. The van der Waals surface area contributed by atoms with Gasteiger partial charge in [-0.1, -0.05) is 51.1 Å². The average molecular weight is 272 g/mol. The average Bonchev–Trinajstić information content (AvgIpc) is 2.67. The summed E-state index contributed by atoms with van der Waals surface area (Å²) in [6, 6.07) is 10.1. The van der Waals surface area contributed by atoms with E-state index in [0.29, 0.717) is 0 Å². The normalized spacial score (nSPS) is 12.7. The molecular formula is C17H24N2O. The SMILES string of the molecule is CC(C)(C)c1c(-c2ccccc2)n(C(C)(C)C)[nH]c1=O. The van der Waals surface area contributed by atoms with Crippen LogP contribution < -0.4 is 5.56 Å². The minimum atomic E-state index is -0.199. The minimum absolute atomic E-state index is 0.00581. The van der Waals surface area contributed by atoms with E-state index >= 15 is 0 Å². The minimum Gasteiger partial charge on any atom is -0.279 e. The highest BCUT2D eigenvalue weighted by Crippen LogP contribution is 2.33. The molecule has 0 amide bonds. The van der Waals surface area contributed by atoms with E-state index in [0.717, 1.165) is 16.8 Å². The molecule has 20 heavy (non-hydrogen) atoms. The number of nitrogens with one attached hydrogen (secondary N) is 1. The van der Waals surface area contributed by atoms with Crippen LogP contribution in [0, 0.1) is 0 Å². The lowest BCUT2D eigenvalue weighted by atomic mass is 9.85. The van der Waals surface area contributed by atoms with Gasteiger partial charge in [-0.2, -0.15) is 0 Å². The highest BCUT2D eigenvalue weighted by atomic mass is 16.1. The fourth-order valence-corrected chi connectivity index (χ4v) is 2.50. The predicted octanol–water partition coefficient (Wildman–Crippen LogP) is 3.90. The van der Waals surface area contributed by atoms with Crippen molar-refractivity contribution in [2.45, 2.75) is 52.5 Å². The van der Waals surface area contributed by atoms with Crippen molar-refractivity contribution in [2.24, 2.45) is 0 Å². The number of aromatic nitrogens is 2. The van der Waals surface area contributed by atoms with Crippen molar-refractivity contribution >= 4 is 0 Å². The molecule has 1 heterocycles. The molecule has 1 aromatic carbocycles. The van der Waals surface area contributed by atoms with Crippen LogP contribution in [0.5, 0.6) is 0 Å². The second-order valence-corrected chi connectivity index (χ2v) is 7.29. The zero-order chi connectivity index (χ0) is 15.1. The highest BCUT2D eigenvalue weighted by molar-refractivity contribution is 5.65. The number of hydrogen-bond donors (Lipinski definition) is 1. The Morgan fingerprint density at radius 3 is 1.95 bits per heavy atom. The molecule has 1 aromatic heterocycles. The van der Waals surface area contributed by atoms with E-state index < -0.39 is 0 Å². The fourth-order valence-electron chi connectivity index (χ4n) is 2.50. The zero-order valence-corrected chi connectivity index (χ0v) is 13.2. The molecule has 3 heteroatoms. The summed E-state index contributed by atoms with van der Waals surface area (Å²) >= 11 is 0. The number of hydrogen-bond acceptors (Lipinski definition) is 1. The predicted molar refractivity (Wildman–Crippen MR) is 84.2 cm³/mol. The quantitative estimate of drug-likeness (QED) is 0.840. The van der Waals surface area contributed by atoms with E-state index in [1.807, 2.05) is 22.9 Å². The Labute approximate surface area is 120 Å². The van der Waals surface area contributed by atoms with Crippen LogP contribution in [0.25, 0.3) is 11.3 Å². The zero-order valence-electron chi connectivity index (χ0n) is 13.2. The second-order valence-electron chi connectivity index (χ2n) is 7.29.